The number of anilines is 2. The third-order valence-electron chi connectivity index (χ3n) is 6.09. The number of fused-ring (bicyclic) bond motifs is 4. The molecule has 2 aromatic rings. The minimum Gasteiger partial charge on any atom is -0.449 e. The predicted octanol–water partition coefficient (Wildman–Crippen LogP) is 5.38. The smallest absolute Gasteiger partial charge is 0.177 e. The first-order valence-corrected chi connectivity index (χ1v) is 12.3. The highest BCUT2D eigenvalue weighted by Crippen LogP contribution is 2.45. The van der Waals surface area contributed by atoms with E-state index in [4.69, 9.17) is 9.47 Å². The first-order chi connectivity index (χ1) is 14.7. The van der Waals surface area contributed by atoms with Crippen molar-refractivity contribution in [3.8, 4) is 11.5 Å². The first kappa shape index (κ1) is 20.7. The topological polar surface area (TPSA) is 50.7 Å². The molecule has 0 radical (unpaired) electrons. The Morgan fingerprint density at radius 1 is 0.867 bits per heavy atom. The van der Waals surface area contributed by atoms with Crippen LogP contribution in [0, 0.1) is 11.8 Å². The van der Waals surface area contributed by atoms with Gasteiger partial charge in [-0.05, 0) is 69.5 Å². The highest BCUT2D eigenvalue weighted by atomic mass is 79.9. The lowest BCUT2D eigenvalue weighted by Gasteiger charge is -2.41. The fourth-order valence-electron chi connectivity index (χ4n) is 4.85. The predicted molar refractivity (Wildman–Crippen MR) is 124 cm³/mol. The number of piperidine rings is 1. The molecule has 0 N–H and O–H groups in total. The van der Waals surface area contributed by atoms with E-state index in [-0.39, 0.29) is 0 Å². The van der Waals surface area contributed by atoms with Crippen LogP contribution in [0.1, 0.15) is 25.7 Å². The molecule has 5 heterocycles. The Kier molecular flexibility index (Phi) is 6.27. The van der Waals surface area contributed by atoms with Gasteiger partial charge in [0.2, 0.25) is 0 Å². The van der Waals surface area contributed by atoms with Crippen molar-refractivity contribution in [1.82, 2.24) is 14.9 Å². The second-order valence-corrected chi connectivity index (χ2v) is 10.4. The monoisotopic (exact) mass is 536 g/mol. The number of unbranched alkanes of at least 4 members (excludes halogenated alkanes) is 2. The number of pyridine rings is 2. The van der Waals surface area contributed by atoms with Crippen LogP contribution < -0.4 is 9.64 Å². The van der Waals surface area contributed by atoms with Crippen molar-refractivity contribution in [2.45, 2.75) is 25.7 Å². The van der Waals surface area contributed by atoms with E-state index in [9.17, 15) is 0 Å². The Hall–Kier alpha value is -1.22. The van der Waals surface area contributed by atoms with Gasteiger partial charge >= 0.3 is 0 Å². The zero-order chi connectivity index (χ0) is 20.5. The number of rotatable bonds is 6. The number of hydrogen-bond acceptors (Lipinski definition) is 6. The minimum atomic E-state index is 0.745. The maximum Gasteiger partial charge on any atom is 0.177 e. The van der Waals surface area contributed by atoms with Crippen LogP contribution in [0.25, 0.3) is 0 Å². The molecule has 3 aliphatic rings. The summed E-state index contributed by atoms with van der Waals surface area (Å²) in [5.74, 6) is 4.69. The Labute approximate surface area is 194 Å². The SMILES string of the molecule is Brc1cnc2c(c1)Oc1cc(Br)cnc1N2CCCCCN1CC2COCC(C2)C1. The standard InChI is InChI=1S/C22H26Br2N4O2/c23-17-7-19-21(25-9-17)28(22-20(30-19)8-18(24)10-26-22)5-3-1-2-4-27-11-15-6-16(12-27)14-29-13-15/h7-10,15-16H,1-6,11-14H2. The molecule has 2 atom stereocenters. The van der Waals surface area contributed by atoms with E-state index in [1.807, 2.05) is 24.5 Å². The van der Waals surface area contributed by atoms with Crippen LogP contribution in [0.2, 0.25) is 0 Å². The van der Waals surface area contributed by atoms with Crippen LogP contribution in [0.3, 0.4) is 0 Å². The Morgan fingerprint density at radius 3 is 2.10 bits per heavy atom. The molecule has 3 aliphatic heterocycles. The van der Waals surface area contributed by atoms with E-state index in [1.165, 1.54) is 38.9 Å². The molecule has 30 heavy (non-hydrogen) atoms. The molecular formula is C22H26Br2N4O2. The molecule has 8 heteroatoms. The normalized spacial score (nSPS) is 22.9. The second-order valence-electron chi connectivity index (χ2n) is 8.53. The van der Waals surface area contributed by atoms with Crippen molar-refractivity contribution < 1.29 is 9.47 Å². The quantitative estimate of drug-likeness (QED) is 0.461. The lowest BCUT2D eigenvalue weighted by molar-refractivity contribution is -0.0405. The third-order valence-corrected chi connectivity index (χ3v) is 6.96. The molecule has 2 unspecified atom stereocenters. The fourth-order valence-corrected chi connectivity index (χ4v) is 5.47. The Balaban J connectivity index is 1.19. The Morgan fingerprint density at radius 2 is 1.47 bits per heavy atom. The molecule has 5 rings (SSSR count). The number of halogens is 2. The molecule has 0 spiro atoms. The maximum atomic E-state index is 6.07. The molecule has 0 amide bonds. The highest BCUT2D eigenvalue weighted by Gasteiger charge is 2.31. The van der Waals surface area contributed by atoms with Crippen LogP contribution in [0.4, 0.5) is 11.6 Å². The maximum absolute atomic E-state index is 6.07. The van der Waals surface area contributed by atoms with Gasteiger partial charge in [-0.2, -0.15) is 0 Å². The van der Waals surface area contributed by atoms with Crippen molar-refractivity contribution >= 4 is 43.5 Å². The second kappa shape index (κ2) is 9.10. The van der Waals surface area contributed by atoms with E-state index in [0.717, 1.165) is 70.1 Å². The first-order valence-electron chi connectivity index (χ1n) is 10.7. The third kappa shape index (κ3) is 4.52. The van der Waals surface area contributed by atoms with Crippen molar-refractivity contribution in [2.24, 2.45) is 11.8 Å². The van der Waals surface area contributed by atoms with Crippen LogP contribution in [-0.2, 0) is 4.74 Å². The lowest BCUT2D eigenvalue weighted by atomic mass is 9.88. The van der Waals surface area contributed by atoms with Crippen molar-refractivity contribution in [2.75, 3.05) is 44.3 Å². The summed E-state index contributed by atoms with van der Waals surface area (Å²) < 4.78 is 13.6. The number of nitrogens with zero attached hydrogens (tertiary/aromatic N) is 4. The molecule has 2 aromatic heterocycles. The van der Waals surface area contributed by atoms with Crippen LogP contribution in [0.5, 0.6) is 11.5 Å². The summed E-state index contributed by atoms with van der Waals surface area (Å²) in [5, 5.41) is 0. The van der Waals surface area contributed by atoms with Crippen LogP contribution in [0.15, 0.2) is 33.5 Å². The van der Waals surface area contributed by atoms with E-state index in [2.05, 4.69) is 51.6 Å². The van der Waals surface area contributed by atoms with Crippen LogP contribution in [-0.4, -0.2) is 54.3 Å². The van der Waals surface area contributed by atoms with E-state index >= 15 is 0 Å². The summed E-state index contributed by atoms with van der Waals surface area (Å²) >= 11 is 6.99. The van der Waals surface area contributed by atoms with Gasteiger partial charge in [-0.15, -0.1) is 0 Å². The number of hydrogen-bond donors (Lipinski definition) is 0. The average Bonchev–Trinajstić information content (AvgIpc) is 2.72. The molecule has 2 saturated heterocycles. The van der Waals surface area contributed by atoms with Crippen molar-refractivity contribution in [3.05, 3.63) is 33.5 Å². The molecule has 2 bridgehead atoms. The lowest BCUT2D eigenvalue weighted by Crippen LogP contribution is -2.46. The number of aromatic nitrogens is 2. The minimum absolute atomic E-state index is 0.745. The van der Waals surface area contributed by atoms with Gasteiger partial charge in [0.25, 0.3) is 0 Å². The van der Waals surface area contributed by atoms with Gasteiger partial charge < -0.3 is 19.3 Å². The average molecular weight is 538 g/mol. The van der Waals surface area contributed by atoms with E-state index in [0.29, 0.717) is 0 Å². The molecule has 0 saturated carbocycles. The van der Waals surface area contributed by atoms with Gasteiger partial charge in [0, 0.05) is 53.1 Å². The van der Waals surface area contributed by atoms with E-state index in [1.54, 1.807) is 0 Å². The molecule has 6 nitrogen and oxygen atoms in total. The Bertz CT molecular complexity index is 849. The fraction of sp³-hybridized carbons (Fsp3) is 0.545. The summed E-state index contributed by atoms with van der Waals surface area (Å²) in [6.45, 7) is 6.40. The number of likely N-dealkylation sites (tertiary alicyclic amines) is 1. The summed E-state index contributed by atoms with van der Waals surface area (Å²) in [5.41, 5.74) is 0. The van der Waals surface area contributed by atoms with Gasteiger partial charge in [-0.3, -0.25) is 0 Å². The molecule has 2 fully saturated rings. The molecular weight excluding hydrogens is 512 g/mol. The zero-order valence-electron chi connectivity index (χ0n) is 16.9. The molecule has 0 aromatic carbocycles. The van der Waals surface area contributed by atoms with Gasteiger partial charge in [-0.25, -0.2) is 9.97 Å². The van der Waals surface area contributed by atoms with Crippen LogP contribution >= 0.6 is 31.9 Å². The number of ether oxygens (including phenoxy) is 2. The van der Waals surface area contributed by atoms with E-state index < -0.39 is 0 Å². The van der Waals surface area contributed by atoms with Gasteiger partial charge in [0.05, 0.1) is 13.2 Å². The van der Waals surface area contributed by atoms with Gasteiger partial charge in [-0.1, -0.05) is 6.42 Å². The van der Waals surface area contributed by atoms with Crippen molar-refractivity contribution in [1.29, 1.82) is 0 Å². The summed E-state index contributed by atoms with van der Waals surface area (Å²) in [6, 6.07) is 3.94. The molecule has 160 valence electrons. The zero-order valence-corrected chi connectivity index (χ0v) is 20.1. The largest absolute Gasteiger partial charge is 0.449 e. The summed E-state index contributed by atoms with van der Waals surface area (Å²) in [6.07, 6.45) is 8.51. The van der Waals surface area contributed by atoms with Crippen molar-refractivity contribution in [3.63, 3.8) is 0 Å². The summed E-state index contributed by atoms with van der Waals surface area (Å²) in [7, 11) is 0. The van der Waals surface area contributed by atoms with Gasteiger partial charge in [0.1, 0.15) is 0 Å². The summed E-state index contributed by atoms with van der Waals surface area (Å²) in [4.78, 5) is 14.1. The highest BCUT2D eigenvalue weighted by molar-refractivity contribution is 9.10. The molecule has 0 aliphatic carbocycles. The van der Waals surface area contributed by atoms with Gasteiger partial charge in [0.15, 0.2) is 23.1 Å².